The molecule has 0 rings (SSSR count). The Balaban J connectivity index is 5.11. The lowest BCUT2D eigenvalue weighted by Crippen LogP contribution is -2.30. The number of aliphatic hydroxyl groups excluding tert-OH is 1. The molecule has 19 heteroatoms. The lowest BCUT2D eigenvalue weighted by atomic mass is 9.99. The second kappa shape index (κ2) is 65.4. The minimum Gasteiger partial charge on any atom is -0.462 e. The van der Waals surface area contributed by atoms with E-state index in [4.69, 9.17) is 37.0 Å². The van der Waals surface area contributed by atoms with Crippen molar-refractivity contribution in [2.24, 2.45) is 23.7 Å². The fourth-order valence-corrected chi connectivity index (χ4v) is 13.1. The minimum absolute atomic E-state index is 0.102. The van der Waals surface area contributed by atoms with Crippen molar-refractivity contribution in [3.05, 3.63) is 0 Å². The van der Waals surface area contributed by atoms with Crippen molar-refractivity contribution in [1.29, 1.82) is 0 Å². The van der Waals surface area contributed by atoms with Gasteiger partial charge in [-0.25, -0.2) is 9.13 Å². The van der Waals surface area contributed by atoms with Crippen LogP contribution in [0.4, 0.5) is 0 Å². The van der Waals surface area contributed by atoms with Gasteiger partial charge in [0.05, 0.1) is 26.4 Å². The van der Waals surface area contributed by atoms with Gasteiger partial charge in [0.25, 0.3) is 0 Å². The third kappa shape index (κ3) is 69.0. The average Bonchev–Trinajstić information content (AvgIpc) is 1.81. The van der Waals surface area contributed by atoms with E-state index in [0.717, 1.165) is 108 Å². The van der Waals surface area contributed by atoms with E-state index >= 15 is 0 Å². The monoisotopic (exact) mass is 1400 g/mol. The fraction of sp³-hybridized carbons (Fsp3) is 0.947. The number of rotatable bonds is 73. The second-order valence-corrected chi connectivity index (χ2v) is 32.0. The molecule has 0 aromatic heterocycles. The maximum Gasteiger partial charge on any atom is 0.472 e. The molecule has 0 saturated heterocycles. The Morgan fingerprint density at radius 3 is 0.747 bits per heavy atom. The smallest absolute Gasteiger partial charge is 0.462 e. The first-order valence-electron chi connectivity index (χ1n) is 39.2. The van der Waals surface area contributed by atoms with E-state index in [9.17, 15) is 43.2 Å². The first kappa shape index (κ1) is 93.1. The molecule has 0 spiro atoms. The summed E-state index contributed by atoms with van der Waals surface area (Å²) in [6.07, 6.45) is 50.3. The third-order valence-corrected chi connectivity index (χ3v) is 19.8. The Morgan fingerprint density at radius 2 is 0.505 bits per heavy atom. The topological polar surface area (TPSA) is 237 Å². The maximum absolute atomic E-state index is 13.0. The summed E-state index contributed by atoms with van der Waals surface area (Å²) in [4.78, 5) is 72.7. The Bertz CT molecular complexity index is 1870. The van der Waals surface area contributed by atoms with Crippen LogP contribution < -0.4 is 0 Å². The van der Waals surface area contributed by atoms with E-state index < -0.39 is 97.5 Å². The van der Waals surface area contributed by atoms with Crippen LogP contribution in [-0.2, 0) is 65.4 Å². The summed E-state index contributed by atoms with van der Waals surface area (Å²) in [6, 6.07) is 0. The number of aliphatic hydroxyl groups is 1. The van der Waals surface area contributed by atoms with Crippen molar-refractivity contribution in [2.45, 2.75) is 401 Å². The highest BCUT2D eigenvalue weighted by molar-refractivity contribution is 7.47. The molecule has 0 heterocycles. The van der Waals surface area contributed by atoms with E-state index in [2.05, 4.69) is 55.4 Å². The molecule has 0 aromatic rings. The Morgan fingerprint density at radius 1 is 0.295 bits per heavy atom. The molecule has 564 valence electrons. The molecule has 3 N–H and O–H groups in total. The molecule has 0 aliphatic heterocycles. The molecule has 0 saturated carbocycles. The Kier molecular flexibility index (Phi) is 64.0. The molecule has 0 fully saturated rings. The van der Waals surface area contributed by atoms with Gasteiger partial charge in [0.1, 0.15) is 19.3 Å². The summed E-state index contributed by atoms with van der Waals surface area (Å²) < 4.78 is 68.4. The molecule has 0 radical (unpaired) electrons. The predicted octanol–water partition coefficient (Wildman–Crippen LogP) is 22.0. The van der Waals surface area contributed by atoms with Gasteiger partial charge in [-0.3, -0.25) is 37.3 Å². The molecule has 0 aromatic carbocycles. The quantitative estimate of drug-likeness (QED) is 0.0222. The number of carbonyl (C=O) groups excluding carboxylic acids is 4. The molecule has 17 nitrogen and oxygen atoms in total. The van der Waals surface area contributed by atoms with Gasteiger partial charge < -0.3 is 33.8 Å². The zero-order chi connectivity index (χ0) is 70.3. The highest BCUT2D eigenvalue weighted by atomic mass is 31.2. The normalized spacial score (nSPS) is 14.4. The molecule has 0 aliphatic rings. The van der Waals surface area contributed by atoms with E-state index in [1.807, 2.05) is 0 Å². The van der Waals surface area contributed by atoms with E-state index in [1.54, 1.807) is 0 Å². The van der Waals surface area contributed by atoms with Crippen LogP contribution in [0.1, 0.15) is 383 Å². The minimum atomic E-state index is -4.95. The van der Waals surface area contributed by atoms with Crippen molar-refractivity contribution in [3.8, 4) is 0 Å². The number of ether oxygens (including phenoxy) is 4. The molecular formula is C76H148O17P2. The predicted molar refractivity (Wildman–Crippen MR) is 386 cm³/mol. The number of phosphoric acid groups is 2. The van der Waals surface area contributed by atoms with Gasteiger partial charge in [-0.05, 0) is 49.4 Å². The van der Waals surface area contributed by atoms with Crippen molar-refractivity contribution >= 4 is 39.5 Å². The molecule has 0 bridgehead atoms. The van der Waals surface area contributed by atoms with Gasteiger partial charge in [0, 0.05) is 25.7 Å². The summed E-state index contributed by atoms with van der Waals surface area (Å²) in [5, 5.41) is 10.6. The lowest BCUT2D eigenvalue weighted by molar-refractivity contribution is -0.161. The van der Waals surface area contributed by atoms with Gasteiger partial charge in [-0.15, -0.1) is 0 Å². The van der Waals surface area contributed by atoms with Gasteiger partial charge in [-0.2, -0.15) is 0 Å². The first-order valence-corrected chi connectivity index (χ1v) is 42.2. The SMILES string of the molecule is CCC(C)CCCCCCCCCCCCCCCCCCCCC(=O)OC[C@H](COP(=O)(O)OCC(O)COP(=O)(O)OC[C@@H](COC(=O)CCCCCCCCCCC(C)C)OC(=O)CCCCCCCCCCCCC(C)C)OC(=O)CCCCCCCCC(C)C. The highest BCUT2D eigenvalue weighted by Gasteiger charge is 2.30. The van der Waals surface area contributed by atoms with E-state index in [0.29, 0.717) is 31.6 Å². The Labute approximate surface area is 581 Å². The average molecular weight is 1400 g/mol. The van der Waals surface area contributed by atoms with E-state index in [1.165, 1.54) is 186 Å². The van der Waals surface area contributed by atoms with Crippen molar-refractivity contribution in [1.82, 2.24) is 0 Å². The summed E-state index contributed by atoms with van der Waals surface area (Å²) in [5.74, 6) is 0.894. The standard InChI is InChI=1S/C76H148O17P2/c1-9-69(8)55-47-39-30-23-18-16-14-12-10-11-13-15-17-19-24-31-40-48-56-73(78)86-63-72(93-76(81)59-51-43-35-34-38-46-54-68(6)7)65-91-95(84,85)89-61-70(77)60-88-94(82,83)90-64-71(62-87-74(79)57-49-41-32-27-26-29-37-45-53-67(4)5)92-75(80)58-50-42-33-25-21-20-22-28-36-44-52-66(2)3/h66-72,77H,9-65H2,1-8H3,(H,82,83)(H,84,85)/t69?,70?,71-,72-/m1/s1. The molecule has 95 heavy (non-hydrogen) atoms. The number of hydrogen-bond acceptors (Lipinski definition) is 15. The Hall–Kier alpha value is -1.94. The largest absolute Gasteiger partial charge is 0.472 e. The molecular weight excluding hydrogens is 1250 g/mol. The van der Waals surface area contributed by atoms with Gasteiger partial charge in [0.15, 0.2) is 12.2 Å². The zero-order valence-electron chi connectivity index (χ0n) is 62.3. The van der Waals surface area contributed by atoms with Crippen LogP contribution in [0.2, 0.25) is 0 Å². The van der Waals surface area contributed by atoms with Crippen LogP contribution in [-0.4, -0.2) is 96.7 Å². The second-order valence-electron chi connectivity index (χ2n) is 29.1. The summed E-state index contributed by atoms with van der Waals surface area (Å²) >= 11 is 0. The van der Waals surface area contributed by atoms with Crippen molar-refractivity contribution in [3.63, 3.8) is 0 Å². The van der Waals surface area contributed by atoms with Crippen LogP contribution in [0.25, 0.3) is 0 Å². The summed E-state index contributed by atoms with van der Waals surface area (Å²) in [7, 11) is -9.91. The number of carbonyl (C=O) groups is 4. The highest BCUT2D eigenvalue weighted by Crippen LogP contribution is 2.45. The van der Waals surface area contributed by atoms with E-state index in [-0.39, 0.29) is 25.7 Å². The van der Waals surface area contributed by atoms with Crippen LogP contribution in [0.15, 0.2) is 0 Å². The fourth-order valence-electron chi connectivity index (χ4n) is 11.5. The molecule has 0 aliphatic carbocycles. The molecule has 4 unspecified atom stereocenters. The van der Waals surface area contributed by atoms with Gasteiger partial charge >= 0.3 is 39.5 Å². The van der Waals surface area contributed by atoms with Gasteiger partial charge in [0.2, 0.25) is 0 Å². The van der Waals surface area contributed by atoms with Crippen LogP contribution in [0.3, 0.4) is 0 Å². The lowest BCUT2D eigenvalue weighted by Gasteiger charge is -2.21. The number of unbranched alkanes of at least 4 members (excludes halogenated alkanes) is 38. The van der Waals surface area contributed by atoms with Crippen LogP contribution in [0.5, 0.6) is 0 Å². The molecule has 0 amide bonds. The van der Waals surface area contributed by atoms with Crippen LogP contribution in [0, 0.1) is 23.7 Å². The number of phosphoric ester groups is 2. The maximum atomic E-state index is 13.0. The van der Waals surface area contributed by atoms with Crippen molar-refractivity contribution in [2.75, 3.05) is 39.6 Å². The number of hydrogen-bond donors (Lipinski definition) is 3. The van der Waals surface area contributed by atoms with Crippen LogP contribution >= 0.6 is 15.6 Å². The summed E-state index contributed by atoms with van der Waals surface area (Å²) in [5.41, 5.74) is 0. The van der Waals surface area contributed by atoms with Crippen molar-refractivity contribution < 1.29 is 80.2 Å². The first-order chi connectivity index (χ1) is 45.6. The summed E-state index contributed by atoms with van der Waals surface area (Å²) in [6.45, 7) is 14.1. The molecule has 6 atom stereocenters. The third-order valence-electron chi connectivity index (χ3n) is 17.9. The van der Waals surface area contributed by atoms with Gasteiger partial charge in [-0.1, -0.05) is 331 Å². The zero-order valence-corrected chi connectivity index (χ0v) is 64.1. The number of esters is 4.